The number of halogens is 5. The van der Waals surface area contributed by atoms with Crippen LogP contribution in [-0.4, -0.2) is 0 Å². The molecular formula is C15H12BrClF3N. The Labute approximate surface area is 134 Å². The normalized spacial score (nSPS) is 13.0. The summed E-state index contributed by atoms with van der Waals surface area (Å²) in [5.41, 5.74) is 0.118. The highest BCUT2D eigenvalue weighted by atomic mass is 79.9. The molecule has 1 atom stereocenters. The first-order valence-electron chi connectivity index (χ1n) is 6.16. The number of alkyl halides is 3. The second kappa shape index (κ2) is 6.28. The van der Waals surface area contributed by atoms with Gasteiger partial charge in [0.25, 0.3) is 0 Å². The predicted molar refractivity (Wildman–Crippen MR) is 82.6 cm³/mol. The molecule has 0 saturated carbocycles. The molecule has 1 N–H and O–H groups in total. The van der Waals surface area contributed by atoms with Crippen molar-refractivity contribution in [1.82, 2.24) is 0 Å². The zero-order chi connectivity index (χ0) is 15.6. The Morgan fingerprint density at radius 1 is 1.14 bits per heavy atom. The van der Waals surface area contributed by atoms with Crippen LogP contribution >= 0.6 is 27.5 Å². The smallest absolute Gasteiger partial charge is 0.377 e. The summed E-state index contributed by atoms with van der Waals surface area (Å²) < 4.78 is 39.9. The molecule has 2 aromatic carbocycles. The van der Waals surface area contributed by atoms with Crippen LogP contribution in [0.1, 0.15) is 24.1 Å². The lowest BCUT2D eigenvalue weighted by atomic mass is 10.0. The molecule has 0 heterocycles. The lowest BCUT2D eigenvalue weighted by molar-refractivity contribution is -0.138. The Morgan fingerprint density at radius 2 is 1.81 bits per heavy atom. The summed E-state index contributed by atoms with van der Waals surface area (Å²) in [6.45, 7) is 1.67. The van der Waals surface area contributed by atoms with Gasteiger partial charge in [0.05, 0.1) is 16.3 Å². The highest BCUT2D eigenvalue weighted by Gasteiger charge is 2.34. The fourth-order valence-corrected chi connectivity index (χ4v) is 2.59. The quantitative estimate of drug-likeness (QED) is 0.661. The van der Waals surface area contributed by atoms with Crippen molar-refractivity contribution in [2.45, 2.75) is 19.1 Å². The van der Waals surface area contributed by atoms with Gasteiger partial charge in [-0.15, -0.1) is 0 Å². The summed E-state index contributed by atoms with van der Waals surface area (Å²) in [4.78, 5) is 0. The van der Waals surface area contributed by atoms with Crippen molar-refractivity contribution >= 4 is 33.2 Å². The molecule has 2 aromatic rings. The SMILES string of the molecule is CC(Nc1cc(Br)ccc1Cl)c1ccccc1C(F)(F)F. The third-order valence-corrected chi connectivity index (χ3v) is 3.86. The highest BCUT2D eigenvalue weighted by Crippen LogP contribution is 2.36. The van der Waals surface area contributed by atoms with Crippen molar-refractivity contribution in [1.29, 1.82) is 0 Å². The molecule has 1 nitrogen and oxygen atoms in total. The average molecular weight is 379 g/mol. The van der Waals surface area contributed by atoms with E-state index in [9.17, 15) is 13.2 Å². The van der Waals surface area contributed by atoms with E-state index in [0.29, 0.717) is 10.7 Å². The Hall–Kier alpha value is -1.20. The molecule has 2 rings (SSSR count). The van der Waals surface area contributed by atoms with Crippen LogP contribution in [0, 0.1) is 0 Å². The molecule has 112 valence electrons. The van der Waals surface area contributed by atoms with Gasteiger partial charge < -0.3 is 5.32 Å². The van der Waals surface area contributed by atoms with Crippen LogP contribution in [0.2, 0.25) is 5.02 Å². The van der Waals surface area contributed by atoms with Crippen molar-refractivity contribution in [2.24, 2.45) is 0 Å². The molecule has 0 saturated heterocycles. The summed E-state index contributed by atoms with van der Waals surface area (Å²) >= 11 is 9.36. The van der Waals surface area contributed by atoms with Gasteiger partial charge in [0.2, 0.25) is 0 Å². The molecule has 1 unspecified atom stereocenters. The van der Waals surface area contributed by atoms with E-state index in [2.05, 4.69) is 21.2 Å². The number of benzene rings is 2. The van der Waals surface area contributed by atoms with Crippen LogP contribution in [-0.2, 0) is 6.18 Å². The van der Waals surface area contributed by atoms with Gasteiger partial charge in [-0.05, 0) is 36.8 Å². The summed E-state index contributed by atoms with van der Waals surface area (Å²) in [6.07, 6.45) is -4.38. The maximum absolute atomic E-state index is 13.0. The molecule has 0 aliphatic rings. The topological polar surface area (TPSA) is 12.0 Å². The molecule has 6 heteroatoms. The van der Waals surface area contributed by atoms with Crippen LogP contribution in [0.4, 0.5) is 18.9 Å². The Kier molecular flexibility index (Phi) is 4.84. The van der Waals surface area contributed by atoms with E-state index >= 15 is 0 Å². The number of rotatable bonds is 3. The third kappa shape index (κ3) is 3.92. The first-order chi connectivity index (χ1) is 9.79. The van der Waals surface area contributed by atoms with Crippen LogP contribution in [0.15, 0.2) is 46.9 Å². The molecule has 0 aliphatic heterocycles. The van der Waals surface area contributed by atoms with Gasteiger partial charge in [0, 0.05) is 10.5 Å². The van der Waals surface area contributed by atoms with Gasteiger partial charge >= 0.3 is 6.18 Å². The molecule has 0 aliphatic carbocycles. The average Bonchev–Trinajstić information content (AvgIpc) is 2.42. The van der Waals surface area contributed by atoms with Crippen LogP contribution < -0.4 is 5.32 Å². The minimum Gasteiger partial charge on any atom is -0.377 e. The van der Waals surface area contributed by atoms with Crippen molar-refractivity contribution in [3.63, 3.8) is 0 Å². The summed E-state index contributed by atoms with van der Waals surface area (Å²) in [5.74, 6) is 0. The molecule has 0 spiro atoms. The summed E-state index contributed by atoms with van der Waals surface area (Å²) in [7, 11) is 0. The van der Waals surface area contributed by atoms with E-state index in [1.807, 2.05) is 0 Å². The van der Waals surface area contributed by atoms with Crippen LogP contribution in [0.25, 0.3) is 0 Å². The first-order valence-corrected chi connectivity index (χ1v) is 7.34. The molecule has 0 bridgehead atoms. The van der Waals surface area contributed by atoms with Crippen molar-refractivity contribution in [2.75, 3.05) is 5.32 Å². The number of hydrogen-bond donors (Lipinski definition) is 1. The van der Waals surface area contributed by atoms with E-state index in [1.165, 1.54) is 12.1 Å². The largest absolute Gasteiger partial charge is 0.416 e. The Balaban J connectivity index is 2.33. The molecule has 0 amide bonds. The molecule has 0 aromatic heterocycles. The standard InChI is InChI=1S/C15H12BrClF3N/c1-9(21-14-8-10(16)6-7-13(14)17)11-4-2-3-5-12(11)15(18,19)20/h2-9,21H,1H3. The van der Waals surface area contributed by atoms with Crippen LogP contribution in [0.5, 0.6) is 0 Å². The number of anilines is 1. The summed E-state index contributed by atoms with van der Waals surface area (Å²) in [6, 6.07) is 10.2. The third-order valence-electron chi connectivity index (χ3n) is 3.03. The van der Waals surface area contributed by atoms with Gasteiger partial charge in [-0.1, -0.05) is 45.7 Å². The first kappa shape index (κ1) is 16.2. The summed E-state index contributed by atoms with van der Waals surface area (Å²) in [5, 5.41) is 3.47. The van der Waals surface area contributed by atoms with E-state index in [0.717, 1.165) is 10.5 Å². The van der Waals surface area contributed by atoms with E-state index < -0.39 is 17.8 Å². The second-order valence-electron chi connectivity index (χ2n) is 4.58. The molecule has 0 fully saturated rings. The predicted octanol–water partition coefficient (Wildman–Crippen LogP) is 6.29. The molecule has 21 heavy (non-hydrogen) atoms. The number of hydrogen-bond acceptors (Lipinski definition) is 1. The lowest BCUT2D eigenvalue weighted by Crippen LogP contribution is -2.15. The maximum atomic E-state index is 13.0. The minimum atomic E-state index is -4.38. The van der Waals surface area contributed by atoms with Gasteiger partial charge in [-0.25, -0.2) is 0 Å². The van der Waals surface area contributed by atoms with Crippen molar-refractivity contribution in [3.05, 3.63) is 63.1 Å². The lowest BCUT2D eigenvalue weighted by Gasteiger charge is -2.21. The van der Waals surface area contributed by atoms with E-state index in [4.69, 9.17) is 11.6 Å². The Bertz CT molecular complexity index is 643. The zero-order valence-corrected chi connectivity index (χ0v) is 13.4. The van der Waals surface area contributed by atoms with Gasteiger partial charge in [0.1, 0.15) is 0 Å². The van der Waals surface area contributed by atoms with Gasteiger partial charge in [-0.3, -0.25) is 0 Å². The zero-order valence-electron chi connectivity index (χ0n) is 11.0. The molecular weight excluding hydrogens is 367 g/mol. The fourth-order valence-electron chi connectivity index (χ4n) is 2.05. The van der Waals surface area contributed by atoms with Gasteiger partial charge in [-0.2, -0.15) is 13.2 Å². The van der Waals surface area contributed by atoms with E-state index in [-0.39, 0.29) is 5.56 Å². The fraction of sp³-hybridized carbons (Fsp3) is 0.200. The van der Waals surface area contributed by atoms with Crippen LogP contribution in [0.3, 0.4) is 0 Å². The maximum Gasteiger partial charge on any atom is 0.416 e. The monoisotopic (exact) mass is 377 g/mol. The highest BCUT2D eigenvalue weighted by molar-refractivity contribution is 9.10. The van der Waals surface area contributed by atoms with Crippen molar-refractivity contribution < 1.29 is 13.2 Å². The second-order valence-corrected chi connectivity index (χ2v) is 5.90. The Morgan fingerprint density at radius 3 is 2.48 bits per heavy atom. The number of nitrogens with one attached hydrogen (secondary N) is 1. The molecule has 0 radical (unpaired) electrons. The van der Waals surface area contributed by atoms with Crippen molar-refractivity contribution in [3.8, 4) is 0 Å². The van der Waals surface area contributed by atoms with Gasteiger partial charge in [0.15, 0.2) is 0 Å². The minimum absolute atomic E-state index is 0.182. The van der Waals surface area contributed by atoms with E-state index in [1.54, 1.807) is 31.2 Å².